The van der Waals surface area contributed by atoms with E-state index in [0.717, 1.165) is 33.7 Å². The third-order valence-electron chi connectivity index (χ3n) is 11.4. The molecule has 0 aliphatic carbocycles. The highest BCUT2D eigenvalue weighted by Crippen LogP contribution is 2.20. The number of nitrogens with zero attached hydrogens (tertiary/aromatic N) is 7. The van der Waals surface area contributed by atoms with Crippen LogP contribution < -0.4 is 5.32 Å². The molecule has 0 spiro atoms. The predicted molar refractivity (Wildman–Crippen MR) is 285 cm³/mol. The topological polar surface area (TPSA) is 243 Å². The smallest absolute Gasteiger partial charge is 0.412 e. The summed E-state index contributed by atoms with van der Waals surface area (Å²) < 4.78 is 68.5. The van der Waals surface area contributed by atoms with E-state index in [1.165, 1.54) is 62.4 Å². The lowest BCUT2D eigenvalue weighted by molar-refractivity contribution is -0.142. The fraction of sp³-hybridized carbons (Fsp3) is 0.308. The van der Waals surface area contributed by atoms with Crippen molar-refractivity contribution < 1.29 is 65.6 Å². The number of amides is 4. The van der Waals surface area contributed by atoms with Crippen molar-refractivity contribution in [2.75, 3.05) is 46.8 Å². The van der Waals surface area contributed by atoms with Gasteiger partial charge in [0.15, 0.2) is 23.3 Å². The summed E-state index contributed by atoms with van der Waals surface area (Å²) in [5.74, 6) is -5.84. The van der Waals surface area contributed by atoms with E-state index in [1.54, 1.807) is 24.5 Å². The highest BCUT2D eigenvalue weighted by atomic mass is 32.1. The molecule has 2 N–H and O–H groups in total. The van der Waals surface area contributed by atoms with Crippen LogP contribution in [0.3, 0.4) is 0 Å². The number of aliphatic hydroxyl groups excluding tert-OH is 1. The summed E-state index contributed by atoms with van der Waals surface area (Å²) in [6.45, 7) is -0.499. The molecule has 4 aromatic carbocycles. The number of azide groups is 1. The minimum Gasteiger partial charge on any atom is -0.469 e. The molecule has 0 unspecified atom stereocenters. The van der Waals surface area contributed by atoms with Crippen molar-refractivity contribution in [1.29, 1.82) is 0 Å². The predicted octanol–water partition coefficient (Wildman–Crippen LogP) is 9.06. The molecular weight excluding hydrogens is 1040 g/mol. The number of aryl methyl sites for hydroxylation is 2. The quantitative estimate of drug-likeness (QED) is 0.0193. The van der Waals surface area contributed by atoms with Crippen molar-refractivity contribution in [3.8, 4) is 0 Å². The fourth-order valence-corrected chi connectivity index (χ4v) is 7.05. The van der Waals surface area contributed by atoms with Crippen LogP contribution in [0.2, 0.25) is 0 Å². The number of pyridine rings is 2. The maximum absolute atomic E-state index is 13.9. The van der Waals surface area contributed by atoms with Crippen LogP contribution >= 0.6 is 27.0 Å². The summed E-state index contributed by atoms with van der Waals surface area (Å²) >= 11 is 0. The van der Waals surface area contributed by atoms with Gasteiger partial charge in [0.1, 0.15) is 18.1 Å². The first-order valence-corrected chi connectivity index (χ1v) is 22.8. The van der Waals surface area contributed by atoms with Crippen LogP contribution in [0.4, 0.5) is 28.2 Å². The summed E-state index contributed by atoms with van der Waals surface area (Å²) in [6.07, 6.45) is 2.87. The SMILES string of the molecule is COC(=O)CC[C@@H](CO)N(C)C(=O)CCc1cccc(F)c1F.COC(=O)CC[C@@H](COC(=O)Nc1cc2ccccc2cn1)N(C)C(=O)CCc1cccc(F)c1F.S.S.[N-]=[N+]=NC(=O)c1cc2ccccc2cn1. The molecule has 2 aromatic heterocycles. The Bertz CT molecular complexity index is 2970. The molecule has 0 saturated heterocycles. The number of aromatic nitrogens is 2. The molecule has 18 nitrogen and oxygen atoms in total. The highest BCUT2D eigenvalue weighted by Gasteiger charge is 2.24. The first kappa shape index (κ1) is 64.3. The molecular formula is C52H58F4N8O10S2. The van der Waals surface area contributed by atoms with Crippen molar-refractivity contribution in [3.05, 3.63) is 160 Å². The average molecular weight is 1100 g/mol. The van der Waals surface area contributed by atoms with E-state index in [2.05, 4.69) is 34.8 Å². The Morgan fingerprint density at radius 3 is 1.61 bits per heavy atom. The zero-order chi connectivity index (χ0) is 54.2. The lowest BCUT2D eigenvalue weighted by atomic mass is 10.1. The van der Waals surface area contributed by atoms with Crippen molar-refractivity contribution in [1.82, 2.24) is 19.8 Å². The van der Waals surface area contributed by atoms with Gasteiger partial charge in [-0.25, -0.2) is 27.3 Å². The number of nitrogens with one attached hydrogen (secondary N) is 1. The second-order valence-corrected chi connectivity index (χ2v) is 16.2. The van der Waals surface area contributed by atoms with E-state index in [1.807, 2.05) is 48.5 Å². The van der Waals surface area contributed by atoms with Gasteiger partial charge < -0.3 is 29.1 Å². The van der Waals surface area contributed by atoms with Gasteiger partial charge in [-0.1, -0.05) is 72.8 Å². The van der Waals surface area contributed by atoms with Gasteiger partial charge in [0, 0.05) is 67.9 Å². The van der Waals surface area contributed by atoms with Crippen molar-refractivity contribution in [3.63, 3.8) is 0 Å². The maximum atomic E-state index is 13.9. The van der Waals surface area contributed by atoms with E-state index in [4.69, 9.17) is 10.3 Å². The summed E-state index contributed by atoms with van der Waals surface area (Å²) in [4.78, 5) is 84.4. The Morgan fingerprint density at radius 2 is 1.12 bits per heavy atom. The largest absolute Gasteiger partial charge is 0.469 e. The molecule has 6 aromatic rings. The van der Waals surface area contributed by atoms with Gasteiger partial charge >= 0.3 is 18.0 Å². The van der Waals surface area contributed by atoms with Gasteiger partial charge in [-0.15, -0.1) is 0 Å². The van der Waals surface area contributed by atoms with E-state index in [0.29, 0.717) is 5.82 Å². The second-order valence-electron chi connectivity index (χ2n) is 16.2. The molecule has 2 heterocycles. The van der Waals surface area contributed by atoms with Crippen molar-refractivity contribution in [2.24, 2.45) is 5.11 Å². The lowest BCUT2D eigenvalue weighted by Crippen LogP contribution is -2.41. The first-order chi connectivity index (χ1) is 35.5. The number of benzene rings is 4. The Balaban J connectivity index is 0.000000423. The number of carbonyl (C=O) groups excluding carboxylic acids is 6. The van der Waals surface area contributed by atoms with Crippen LogP contribution in [0.1, 0.15) is 60.1 Å². The molecule has 0 bridgehead atoms. The maximum Gasteiger partial charge on any atom is 0.412 e. The number of carbonyl (C=O) groups is 6. The molecule has 2 atom stereocenters. The molecule has 0 saturated carbocycles. The van der Waals surface area contributed by atoms with Gasteiger partial charge in [-0.3, -0.25) is 34.3 Å². The number of hydrogen-bond donors (Lipinski definition) is 2. The highest BCUT2D eigenvalue weighted by molar-refractivity contribution is 7.59. The third-order valence-corrected chi connectivity index (χ3v) is 11.4. The van der Waals surface area contributed by atoms with E-state index in [9.17, 15) is 51.4 Å². The Labute approximate surface area is 449 Å². The number of rotatable bonds is 19. The number of hydrogen-bond acceptors (Lipinski definition) is 12. The van der Waals surface area contributed by atoms with Crippen LogP contribution in [0.25, 0.3) is 32.0 Å². The van der Waals surface area contributed by atoms with E-state index < -0.39 is 59.3 Å². The van der Waals surface area contributed by atoms with Gasteiger partial charge in [0.05, 0.1) is 32.9 Å². The molecule has 6 rings (SSSR count). The number of esters is 2. The van der Waals surface area contributed by atoms with Gasteiger partial charge in [-0.05, 0) is 82.5 Å². The normalized spacial score (nSPS) is 11.0. The summed E-state index contributed by atoms with van der Waals surface area (Å²) in [7, 11) is 5.51. The molecule has 0 aliphatic heterocycles. The molecule has 24 heteroatoms. The number of likely N-dealkylation sites (N-methyl/N-ethyl adjacent to an activating group) is 2. The Morgan fingerprint density at radius 1 is 0.658 bits per heavy atom. The van der Waals surface area contributed by atoms with E-state index in [-0.39, 0.29) is 120 Å². The third kappa shape index (κ3) is 20.1. The number of fused-ring (bicyclic) bond motifs is 2. The van der Waals surface area contributed by atoms with Gasteiger partial charge in [0.2, 0.25) is 11.8 Å². The Hall–Kier alpha value is -7.79. The van der Waals surface area contributed by atoms with Crippen LogP contribution in [-0.4, -0.2) is 114 Å². The van der Waals surface area contributed by atoms with Crippen LogP contribution in [-0.2, 0) is 46.2 Å². The molecule has 406 valence electrons. The standard InChI is InChI=1S/C26H27F2N3O5.C16H21F2NO4.C10H6N4O.2H2S/c1-31(23(32)12-10-17-8-5-9-21(27)25(17)28)20(11-13-24(33)35-2)16-36-26(34)30-22-14-18-6-3-4-7-19(18)15-29-22;1-19(12(10-20)7-9-15(22)23-2)14(21)8-6-11-4-3-5-13(17)16(11)18;11-14-13-10(15)9-5-7-3-1-2-4-8(7)6-12-9;;/h3-9,14-15,20H,10-13,16H2,1-2H3,(H,29,30,34);3-5,12,20H,6-10H2,1-2H3;1-6H;2*1H2/t20-;12-;;;/m00.../s1. The van der Waals surface area contributed by atoms with Crippen molar-refractivity contribution >= 4 is 90.1 Å². The number of anilines is 1. The van der Waals surface area contributed by atoms with Crippen LogP contribution in [0.15, 0.2) is 115 Å². The first-order valence-electron chi connectivity index (χ1n) is 22.8. The summed E-state index contributed by atoms with van der Waals surface area (Å²) in [5.41, 5.74) is 8.49. The minimum absolute atomic E-state index is 0. The number of ether oxygens (including phenoxy) is 3. The molecule has 0 radical (unpaired) electrons. The number of methoxy groups -OCH3 is 2. The zero-order valence-corrected chi connectivity index (χ0v) is 43.9. The average Bonchev–Trinajstić information content (AvgIpc) is 3.41. The minimum atomic E-state index is -0.988. The monoisotopic (exact) mass is 1090 g/mol. The van der Waals surface area contributed by atoms with Crippen LogP contribution in [0, 0.1) is 23.3 Å². The van der Waals surface area contributed by atoms with Crippen LogP contribution in [0.5, 0.6) is 0 Å². The molecule has 0 fully saturated rings. The Kier molecular flexibility index (Phi) is 28.1. The van der Waals surface area contributed by atoms with Gasteiger partial charge in [0.25, 0.3) is 5.91 Å². The molecule has 0 aliphatic rings. The van der Waals surface area contributed by atoms with E-state index >= 15 is 0 Å². The number of halogens is 4. The zero-order valence-electron chi connectivity index (χ0n) is 41.9. The number of aliphatic hydroxyl groups is 1. The molecule has 4 amide bonds. The lowest BCUT2D eigenvalue weighted by Gasteiger charge is -2.28. The van der Waals surface area contributed by atoms with Crippen molar-refractivity contribution in [2.45, 2.75) is 63.5 Å². The summed E-state index contributed by atoms with van der Waals surface area (Å²) in [6, 6.07) is 24.8. The fourth-order valence-electron chi connectivity index (χ4n) is 7.05. The second kappa shape index (κ2) is 33.2. The molecule has 76 heavy (non-hydrogen) atoms. The summed E-state index contributed by atoms with van der Waals surface area (Å²) in [5, 5.41) is 18.5. The van der Waals surface area contributed by atoms with Gasteiger partial charge in [-0.2, -0.15) is 27.0 Å².